The Kier molecular flexibility index (Phi) is 2.97. The number of halogens is 1. The molecule has 13 heavy (non-hydrogen) atoms. The topological polar surface area (TPSA) is 46.3 Å². The number of nitrogens with zero attached hydrogens (tertiary/aromatic N) is 1. The van der Waals surface area contributed by atoms with Gasteiger partial charge in [0.2, 0.25) is 0 Å². The molecule has 0 aliphatic heterocycles. The van der Waals surface area contributed by atoms with Crippen LogP contribution in [0.4, 0.5) is 4.48 Å². The summed E-state index contributed by atoms with van der Waals surface area (Å²) in [4.78, 5) is 11.1. The Morgan fingerprint density at radius 1 is 1.46 bits per heavy atom. The van der Waals surface area contributed by atoms with E-state index in [1.165, 1.54) is 0 Å². The zero-order valence-corrected chi connectivity index (χ0v) is 7.33. The van der Waals surface area contributed by atoms with Crippen molar-refractivity contribution in [3.63, 3.8) is 0 Å². The van der Waals surface area contributed by atoms with Gasteiger partial charge in [0.25, 0.3) is 5.91 Å². The van der Waals surface area contributed by atoms with Crippen LogP contribution in [0.25, 0.3) is 0 Å². The number of hydrogen-bond donors (Lipinski definition) is 1. The van der Waals surface area contributed by atoms with Gasteiger partial charge in [0, 0.05) is 19.2 Å². The molecule has 70 valence electrons. The first-order valence-electron chi connectivity index (χ1n) is 3.88. The molecule has 0 fully saturated rings. The summed E-state index contributed by atoms with van der Waals surface area (Å²) in [6, 6.07) is 6.52. The van der Waals surface area contributed by atoms with Crippen LogP contribution in [0.2, 0.25) is 0 Å². The smallest absolute Gasteiger partial charge is 0.281 e. The number of rotatable bonds is 2. The predicted octanol–water partition coefficient (Wildman–Crippen LogP) is 1.10. The van der Waals surface area contributed by atoms with E-state index >= 15 is 0 Å². The molecule has 3 nitrogen and oxygen atoms in total. The van der Waals surface area contributed by atoms with Gasteiger partial charge >= 0.3 is 0 Å². The number of hydrogen-bond acceptors (Lipinski definition) is 2. The van der Waals surface area contributed by atoms with Crippen molar-refractivity contribution in [1.82, 2.24) is 5.12 Å². The third-order valence-corrected chi connectivity index (χ3v) is 1.72. The van der Waals surface area contributed by atoms with Crippen molar-refractivity contribution in [3.8, 4) is 0 Å². The van der Waals surface area contributed by atoms with E-state index in [9.17, 15) is 9.28 Å². The van der Waals surface area contributed by atoms with E-state index in [2.05, 4.69) is 0 Å². The van der Waals surface area contributed by atoms with Crippen LogP contribution < -0.4 is 5.73 Å². The summed E-state index contributed by atoms with van der Waals surface area (Å²) in [5.74, 6) is -0.649. The van der Waals surface area contributed by atoms with Crippen molar-refractivity contribution >= 4 is 5.91 Å². The summed E-state index contributed by atoms with van der Waals surface area (Å²) in [6.07, 6.45) is 0. The third-order valence-electron chi connectivity index (χ3n) is 1.72. The molecule has 0 aliphatic rings. The summed E-state index contributed by atoms with van der Waals surface area (Å²) in [7, 11) is 1.07. The lowest BCUT2D eigenvalue weighted by atomic mass is 10.1. The van der Waals surface area contributed by atoms with Gasteiger partial charge in [0.1, 0.15) is 0 Å². The second-order valence-electron chi connectivity index (χ2n) is 2.68. The monoisotopic (exact) mass is 182 g/mol. The van der Waals surface area contributed by atoms with E-state index in [0.29, 0.717) is 12.1 Å². The zero-order valence-electron chi connectivity index (χ0n) is 7.33. The largest absolute Gasteiger partial charge is 0.326 e. The molecule has 0 aromatic heterocycles. The molecular formula is C9H11FN2O. The van der Waals surface area contributed by atoms with Crippen molar-refractivity contribution in [2.75, 3.05) is 7.05 Å². The predicted molar refractivity (Wildman–Crippen MR) is 47.5 cm³/mol. The van der Waals surface area contributed by atoms with Gasteiger partial charge in [-0.3, -0.25) is 4.79 Å². The van der Waals surface area contributed by atoms with Gasteiger partial charge in [-0.1, -0.05) is 16.6 Å². The molecule has 0 aliphatic carbocycles. The molecule has 4 heteroatoms. The first-order chi connectivity index (χ1) is 6.15. The second-order valence-corrected chi connectivity index (χ2v) is 2.68. The summed E-state index contributed by atoms with van der Waals surface area (Å²) < 4.78 is 12.4. The van der Waals surface area contributed by atoms with Crippen molar-refractivity contribution in [2.24, 2.45) is 5.73 Å². The highest BCUT2D eigenvalue weighted by molar-refractivity contribution is 5.93. The van der Waals surface area contributed by atoms with Gasteiger partial charge < -0.3 is 5.73 Å². The van der Waals surface area contributed by atoms with Gasteiger partial charge in [-0.05, 0) is 17.7 Å². The number of benzene rings is 1. The van der Waals surface area contributed by atoms with Crippen LogP contribution in [-0.4, -0.2) is 18.1 Å². The van der Waals surface area contributed by atoms with Gasteiger partial charge in [0.05, 0.1) is 0 Å². The molecule has 0 saturated heterocycles. The fourth-order valence-electron chi connectivity index (χ4n) is 0.961. The molecule has 1 aromatic carbocycles. The summed E-state index contributed by atoms with van der Waals surface area (Å²) in [6.45, 7) is 0.417. The number of amides is 1. The Balaban J connectivity index is 2.86. The van der Waals surface area contributed by atoms with Crippen LogP contribution in [0.3, 0.4) is 0 Å². The van der Waals surface area contributed by atoms with Gasteiger partial charge in [-0.2, -0.15) is 5.12 Å². The van der Waals surface area contributed by atoms with Crippen LogP contribution in [0.1, 0.15) is 15.9 Å². The van der Waals surface area contributed by atoms with Crippen LogP contribution in [0, 0.1) is 0 Å². The van der Waals surface area contributed by atoms with Crippen LogP contribution >= 0.6 is 0 Å². The van der Waals surface area contributed by atoms with E-state index in [0.717, 1.165) is 12.6 Å². The molecule has 0 saturated carbocycles. The Hall–Kier alpha value is -1.42. The maximum absolute atomic E-state index is 12.4. The van der Waals surface area contributed by atoms with Crippen LogP contribution in [-0.2, 0) is 6.54 Å². The van der Waals surface area contributed by atoms with Crippen molar-refractivity contribution in [2.45, 2.75) is 6.54 Å². The van der Waals surface area contributed by atoms with Crippen molar-refractivity contribution in [3.05, 3.63) is 35.4 Å². The standard InChI is InChI=1S/C9H11FN2O/c1-12(10)9(13)8-4-2-7(6-11)3-5-8/h2-5H,6,11H2,1H3. The molecule has 0 spiro atoms. The van der Waals surface area contributed by atoms with Crippen LogP contribution in [0.15, 0.2) is 24.3 Å². The van der Waals surface area contributed by atoms with Gasteiger partial charge in [0.15, 0.2) is 0 Å². The van der Waals surface area contributed by atoms with Crippen molar-refractivity contribution in [1.29, 1.82) is 0 Å². The number of carbonyl (C=O) groups excluding carboxylic acids is 1. The van der Waals surface area contributed by atoms with E-state index < -0.39 is 5.91 Å². The summed E-state index contributed by atoms with van der Waals surface area (Å²) >= 11 is 0. The number of carbonyl (C=O) groups is 1. The van der Waals surface area contributed by atoms with Crippen LogP contribution in [0.5, 0.6) is 0 Å². The highest BCUT2D eigenvalue weighted by Crippen LogP contribution is 2.06. The maximum atomic E-state index is 12.4. The zero-order chi connectivity index (χ0) is 9.84. The molecule has 0 heterocycles. The van der Waals surface area contributed by atoms with E-state index in [-0.39, 0.29) is 5.12 Å². The fraction of sp³-hybridized carbons (Fsp3) is 0.222. The molecule has 1 aromatic rings. The molecule has 0 unspecified atom stereocenters. The Bertz CT molecular complexity index is 295. The molecule has 2 N–H and O–H groups in total. The Morgan fingerprint density at radius 2 is 2.00 bits per heavy atom. The Labute approximate surface area is 75.9 Å². The average Bonchev–Trinajstić information content (AvgIpc) is 2.17. The lowest BCUT2D eigenvalue weighted by molar-refractivity contribution is 0.0343. The lowest BCUT2D eigenvalue weighted by Gasteiger charge is -2.05. The highest BCUT2D eigenvalue weighted by atomic mass is 19.2. The van der Waals surface area contributed by atoms with Crippen molar-refractivity contribution < 1.29 is 9.28 Å². The summed E-state index contributed by atoms with van der Waals surface area (Å²) in [5.41, 5.74) is 6.60. The van der Waals surface area contributed by atoms with Gasteiger partial charge in [-0.25, -0.2) is 0 Å². The lowest BCUT2D eigenvalue weighted by Crippen LogP contribution is -2.17. The number of nitrogens with two attached hydrogens (primary N) is 1. The van der Waals surface area contributed by atoms with Gasteiger partial charge in [-0.15, -0.1) is 0 Å². The molecular weight excluding hydrogens is 171 g/mol. The third kappa shape index (κ3) is 2.26. The minimum atomic E-state index is -0.649. The molecule has 1 amide bonds. The normalized spacial score (nSPS) is 9.77. The quantitative estimate of drug-likeness (QED) is 0.696. The molecule has 1 rings (SSSR count). The van der Waals surface area contributed by atoms with E-state index in [1.807, 2.05) is 0 Å². The second kappa shape index (κ2) is 4.00. The summed E-state index contributed by atoms with van der Waals surface area (Å²) in [5, 5.41) is 0.0530. The molecule has 0 radical (unpaired) electrons. The van der Waals surface area contributed by atoms with E-state index in [4.69, 9.17) is 5.73 Å². The average molecular weight is 182 g/mol. The first kappa shape index (κ1) is 9.67. The van der Waals surface area contributed by atoms with E-state index in [1.54, 1.807) is 24.3 Å². The SMILES string of the molecule is CN(F)C(=O)c1ccc(CN)cc1. The fourth-order valence-corrected chi connectivity index (χ4v) is 0.961. The maximum Gasteiger partial charge on any atom is 0.281 e. The minimum absolute atomic E-state index is 0.0530. The first-order valence-corrected chi connectivity index (χ1v) is 3.88. The minimum Gasteiger partial charge on any atom is -0.326 e. The Morgan fingerprint density at radius 3 is 2.38 bits per heavy atom. The molecule has 0 bridgehead atoms. The molecule has 0 atom stereocenters. The highest BCUT2D eigenvalue weighted by Gasteiger charge is 2.09.